The average molecular weight is 337 g/mol. The van der Waals surface area contributed by atoms with Crippen LogP contribution in [0.25, 0.3) is 10.9 Å². The maximum Gasteiger partial charge on any atom is 0.268 e. The molecule has 0 aliphatic carbocycles. The zero-order valence-corrected chi connectivity index (χ0v) is 12.9. The number of nitrogens with zero attached hydrogens (tertiary/aromatic N) is 1. The first-order valence-corrected chi connectivity index (χ1v) is 7.66. The van der Waals surface area contributed by atoms with Crippen LogP contribution in [0.1, 0.15) is 23.8 Å². The molecule has 106 valence electrons. The Balaban J connectivity index is 1.97. The summed E-state index contributed by atoms with van der Waals surface area (Å²) in [6.07, 6.45) is 0.891. The van der Waals surface area contributed by atoms with Crippen molar-refractivity contribution in [3.8, 4) is 0 Å². The van der Waals surface area contributed by atoms with Crippen LogP contribution in [0.4, 0.5) is 0 Å². The van der Waals surface area contributed by atoms with Gasteiger partial charge in [-0.25, -0.2) is 0 Å². The van der Waals surface area contributed by atoms with Gasteiger partial charge in [-0.15, -0.1) is 0 Å². The first kappa shape index (κ1) is 13.6. The second-order valence-electron chi connectivity index (χ2n) is 4.99. The molecule has 1 aromatic carbocycles. The molecular weight excluding hydrogens is 320 g/mol. The Kier molecular flexibility index (Phi) is 3.81. The van der Waals surface area contributed by atoms with E-state index in [9.17, 15) is 4.79 Å². The Morgan fingerprint density at radius 3 is 3.10 bits per heavy atom. The first-order chi connectivity index (χ1) is 9.70. The number of fused-ring (bicyclic) bond motifs is 1. The van der Waals surface area contributed by atoms with Crippen molar-refractivity contribution in [2.24, 2.45) is 0 Å². The molecule has 5 heteroatoms. The van der Waals surface area contributed by atoms with Crippen LogP contribution in [0.15, 0.2) is 28.7 Å². The summed E-state index contributed by atoms with van der Waals surface area (Å²) < 4.78 is 8.36. The Bertz CT molecular complexity index is 645. The predicted octanol–water partition coefficient (Wildman–Crippen LogP) is 2.94. The van der Waals surface area contributed by atoms with Gasteiger partial charge in [-0.1, -0.05) is 12.1 Å². The number of amides is 1. The molecule has 2 heterocycles. The third kappa shape index (κ3) is 2.36. The number of ether oxygens (including phenoxy) is 1. The summed E-state index contributed by atoms with van der Waals surface area (Å²) in [6, 6.07) is 8.10. The van der Waals surface area contributed by atoms with Crippen molar-refractivity contribution >= 4 is 32.7 Å². The number of nitrogens with one attached hydrogen (secondary N) is 1. The fourth-order valence-corrected chi connectivity index (χ4v) is 3.30. The van der Waals surface area contributed by atoms with Crippen LogP contribution < -0.4 is 5.32 Å². The van der Waals surface area contributed by atoms with Crippen LogP contribution in [0, 0.1) is 0 Å². The number of aryl methyl sites for hydroxylation is 1. The highest BCUT2D eigenvalue weighted by Gasteiger charge is 2.21. The van der Waals surface area contributed by atoms with E-state index in [0.29, 0.717) is 12.3 Å². The lowest BCUT2D eigenvalue weighted by Crippen LogP contribution is -2.36. The van der Waals surface area contributed by atoms with E-state index in [4.69, 9.17) is 4.74 Å². The van der Waals surface area contributed by atoms with Gasteiger partial charge in [0.1, 0.15) is 5.69 Å². The fourth-order valence-electron chi connectivity index (χ4n) is 2.70. The van der Waals surface area contributed by atoms with E-state index in [1.165, 1.54) is 0 Å². The van der Waals surface area contributed by atoms with Gasteiger partial charge < -0.3 is 14.6 Å². The molecule has 1 N–H and O–H groups in total. The third-order valence-corrected chi connectivity index (χ3v) is 4.32. The first-order valence-electron chi connectivity index (χ1n) is 6.87. The van der Waals surface area contributed by atoms with Crippen LogP contribution in [-0.4, -0.2) is 29.7 Å². The molecule has 1 aliphatic heterocycles. The number of para-hydroxylation sites is 1. The van der Waals surface area contributed by atoms with E-state index in [1.807, 2.05) is 35.8 Å². The molecular formula is C15H17BrN2O2. The number of aromatic nitrogens is 1. The molecule has 1 aliphatic rings. The van der Waals surface area contributed by atoms with E-state index < -0.39 is 0 Å². The minimum atomic E-state index is -0.0227. The summed E-state index contributed by atoms with van der Waals surface area (Å²) in [7, 11) is 0. The summed E-state index contributed by atoms with van der Waals surface area (Å²) in [5.74, 6) is -0.0227. The largest absolute Gasteiger partial charge is 0.379 e. The van der Waals surface area contributed by atoms with Gasteiger partial charge in [0.25, 0.3) is 5.91 Å². The van der Waals surface area contributed by atoms with Gasteiger partial charge in [0.15, 0.2) is 0 Å². The number of carbonyl (C=O) groups is 1. The number of hydrogen-bond donors (Lipinski definition) is 1. The molecule has 1 amide bonds. The van der Waals surface area contributed by atoms with Crippen molar-refractivity contribution in [2.75, 3.05) is 13.2 Å². The molecule has 0 radical (unpaired) electrons. The molecule has 1 atom stereocenters. The number of benzene rings is 1. The van der Waals surface area contributed by atoms with Gasteiger partial charge in [0.2, 0.25) is 0 Å². The van der Waals surface area contributed by atoms with Crippen molar-refractivity contribution in [2.45, 2.75) is 25.9 Å². The standard InChI is InChI=1S/C15H17BrN2O2/c1-2-18-13(15(19)17-11-6-7-20-9-11)8-10-4-3-5-12(16)14(10)18/h3-5,8,11H,2,6-7,9H2,1H3,(H,17,19). The molecule has 20 heavy (non-hydrogen) atoms. The maximum absolute atomic E-state index is 12.5. The summed E-state index contributed by atoms with van der Waals surface area (Å²) >= 11 is 3.57. The Hall–Kier alpha value is -1.33. The second-order valence-corrected chi connectivity index (χ2v) is 5.84. The lowest BCUT2D eigenvalue weighted by Gasteiger charge is -2.12. The SMILES string of the molecule is CCn1c(C(=O)NC2CCOC2)cc2cccc(Br)c21. The predicted molar refractivity (Wildman–Crippen MR) is 82.0 cm³/mol. The minimum absolute atomic E-state index is 0.0227. The van der Waals surface area contributed by atoms with Crippen LogP contribution in [-0.2, 0) is 11.3 Å². The highest BCUT2D eigenvalue weighted by molar-refractivity contribution is 9.10. The van der Waals surface area contributed by atoms with Crippen molar-refractivity contribution < 1.29 is 9.53 Å². The highest BCUT2D eigenvalue weighted by Crippen LogP contribution is 2.27. The second kappa shape index (κ2) is 5.58. The van der Waals surface area contributed by atoms with Gasteiger partial charge in [-0.3, -0.25) is 4.79 Å². The number of hydrogen-bond acceptors (Lipinski definition) is 2. The topological polar surface area (TPSA) is 43.3 Å². The smallest absolute Gasteiger partial charge is 0.268 e. The molecule has 2 aromatic rings. The van der Waals surface area contributed by atoms with Gasteiger partial charge in [-0.2, -0.15) is 0 Å². The zero-order chi connectivity index (χ0) is 14.1. The monoisotopic (exact) mass is 336 g/mol. The van der Waals surface area contributed by atoms with E-state index in [0.717, 1.165) is 34.9 Å². The minimum Gasteiger partial charge on any atom is -0.379 e. The fraction of sp³-hybridized carbons (Fsp3) is 0.400. The molecule has 3 rings (SSSR count). The summed E-state index contributed by atoms with van der Waals surface area (Å²) in [4.78, 5) is 12.5. The molecule has 1 aromatic heterocycles. The number of carbonyl (C=O) groups excluding carboxylic acids is 1. The van der Waals surface area contributed by atoms with Crippen LogP contribution in [0.2, 0.25) is 0 Å². The van der Waals surface area contributed by atoms with Crippen LogP contribution >= 0.6 is 15.9 Å². The Labute approximate surface area is 126 Å². The molecule has 4 nitrogen and oxygen atoms in total. The van der Waals surface area contributed by atoms with Crippen LogP contribution in [0.5, 0.6) is 0 Å². The molecule has 1 fully saturated rings. The lowest BCUT2D eigenvalue weighted by molar-refractivity contribution is 0.0921. The van der Waals surface area contributed by atoms with E-state index in [1.54, 1.807) is 0 Å². The summed E-state index contributed by atoms with van der Waals surface area (Å²) in [6.45, 7) is 4.15. The highest BCUT2D eigenvalue weighted by atomic mass is 79.9. The van der Waals surface area contributed by atoms with Crippen LogP contribution in [0.3, 0.4) is 0 Å². The molecule has 1 saturated heterocycles. The van der Waals surface area contributed by atoms with Gasteiger partial charge >= 0.3 is 0 Å². The number of halogens is 1. The summed E-state index contributed by atoms with van der Waals surface area (Å²) in [5.41, 5.74) is 1.78. The van der Waals surface area contributed by atoms with Crippen molar-refractivity contribution in [3.63, 3.8) is 0 Å². The quantitative estimate of drug-likeness (QED) is 0.936. The van der Waals surface area contributed by atoms with Crippen molar-refractivity contribution in [3.05, 3.63) is 34.4 Å². The van der Waals surface area contributed by atoms with Gasteiger partial charge in [0, 0.05) is 23.0 Å². The van der Waals surface area contributed by atoms with E-state index in [-0.39, 0.29) is 11.9 Å². The molecule has 1 unspecified atom stereocenters. The lowest BCUT2D eigenvalue weighted by atomic mass is 10.2. The van der Waals surface area contributed by atoms with Gasteiger partial charge in [0.05, 0.1) is 18.2 Å². The van der Waals surface area contributed by atoms with Crippen molar-refractivity contribution in [1.29, 1.82) is 0 Å². The zero-order valence-electron chi connectivity index (χ0n) is 11.4. The van der Waals surface area contributed by atoms with E-state index >= 15 is 0 Å². The molecule has 0 spiro atoms. The van der Waals surface area contributed by atoms with E-state index in [2.05, 4.69) is 21.2 Å². The average Bonchev–Trinajstić information content (AvgIpc) is 3.05. The Morgan fingerprint density at radius 1 is 1.55 bits per heavy atom. The van der Waals surface area contributed by atoms with Gasteiger partial charge in [-0.05, 0) is 41.4 Å². The Morgan fingerprint density at radius 2 is 2.40 bits per heavy atom. The maximum atomic E-state index is 12.5. The third-order valence-electron chi connectivity index (χ3n) is 3.68. The van der Waals surface area contributed by atoms with Crippen molar-refractivity contribution in [1.82, 2.24) is 9.88 Å². The summed E-state index contributed by atoms with van der Waals surface area (Å²) in [5, 5.41) is 4.13. The molecule has 0 bridgehead atoms. The molecule has 0 saturated carbocycles. The normalized spacial score (nSPS) is 18.6. The number of rotatable bonds is 3.